The van der Waals surface area contributed by atoms with Gasteiger partial charge in [0.1, 0.15) is 0 Å². The van der Waals surface area contributed by atoms with Crippen molar-refractivity contribution in [3.8, 4) is 11.1 Å². The van der Waals surface area contributed by atoms with E-state index in [-0.39, 0.29) is 24.5 Å². The Bertz CT molecular complexity index is 1210. The Kier molecular flexibility index (Phi) is 8.55. The fraction of sp³-hybridized carbons (Fsp3) is 0.300. The molecule has 1 heterocycles. The molecule has 1 fully saturated rings. The standard InChI is InChI=1S/C30H30ClNO4/c31-26-16-14-22(15-17-26)21-8-11-24(12-9-21)28(33)20-25(30(35)36)13-10-23-6-2-3-7-27(23)29(34)32-18-4-1-5-19-32/h2-3,6-9,11-12,14-17,25H,1,4-5,10,13,18-20H2,(H,35,36). The van der Waals surface area contributed by atoms with Gasteiger partial charge in [-0.3, -0.25) is 14.4 Å². The minimum absolute atomic E-state index is 0.00836. The second kappa shape index (κ2) is 12.0. The van der Waals surface area contributed by atoms with Gasteiger partial charge in [-0.05, 0) is 67.0 Å². The van der Waals surface area contributed by atoms with Crippen LogP contribution in [-0.4, -0.2) is 40.8 Å². The number of halogens is 1. The molecule has 1 unspecified atom stereocenters. The second-order valence-electron chi connectivity index (χ2n) is 9.30. The van der Waals surface area contributed by atoms with Crippen LogP contribution in [0.4, 0.5) is 0 Å². The molecule has 5 nitrogen and oxygen atoms in total. The first-order valence-corrected chi connectivity index (χ1v) is 12.8. The summed E-state index contributed by atoms with van der Waals surface area (Å²) in [6.45, 7) is 1.52. The Morgan fingerprint density at radius 1 is 0.833 bits per heavy atom. The number of carboxylic acid groups (broad SMARTS) is 1. The van der Waals surface area contributed by atoms with Crippen molar-refractivity contribution in [3.63, 3.8) is 0 Å². The highest BCUT2D eigenvalue weighted by atomic mass is 35.5. The van der Waals surface area contributed by atoms with Crippen molar-refractivity contribution in [2.45, 2.75) is 38.5 Å². The van der Waals surface area contributed by atoms with E-state index in [0.717, 1.165) is 49.0 Å². The summed E-state index contributed by atoms with van der Waals surface area (Å²) in [6, 6.07) is 22.0. The number of amides is 1. The Balaban J connectivity index is 1.41. The molecule has 0 spiro atoms. The van der Waals surface area contributed by atoms with E-state index in [9.17, 15) is 19.5 Å². The molecule has 0 saturated carbocycles. The molecule has 186 valence electrons. The molecule has 3 aromatic rings. The lowest BCUT2D eigenvalue weighted by Crippen LogP contribution is -2.36. The van der Waals surface area contributed by atoms with Crippen LogP contribution in [0.2, 0.25) is 5.02 Å². The van der Waals surface area contributed by atoms with Gasteiger partial charge < -0.3 is 10.0 Å². The first-order chi connectivity index (χ1) is 17.4. The van der Waals surface area contributed by atoms with E-state index in [0.29, 0.717) is 22.6 Å². The number of hydrogen-bond acceptors (Lipinski definition) is 3. The molecule has 3 aromatic carbocycles. The number of aliphatic carboxylic acids is 1. The molecular weight excluding hydrogens is 474 g/mol. The molecule has 36 heavy (non-hydrogen) atoms. The number of carboxylic acids is 1. The van der Waals surface area contributed by atoms with E-state index in [1.165, 1.54) is 0 Å². The number of piperidine rings is 1. The molecule has 6 heteroatoms. The zero-order valence-corrected chi connectivity index (χ0v) is 20.9. The summed E-state index contributed by atoms with van der Waals surface area (Å²) < 4.78 is 0. The molecule has 1 saturated heterocycles. The number of aryl methyl sites for hydroxylation is 1. The number of nitrogens with zero attached hydrogens (tertiary/aromatic N) is 1. The van der Waals surface area contributed by atoms with Crippen molar-refractivity contribution in [1.29, 1.82) is 0 Å². The molecule has 4 rings (SSSR count). The molecule has 1 N–H and O–H groups in total. The monoisotopic (exact) mass is 503 g/mol. The van der Waals surface area contributed by atoms with Gasteiger partial charge in [-0.25, -0.2) is 0 Å². The van der Waals surface area contributed by atoms with Crippen LogP contribution in [-0.2, 0) is 11.2 Å². The van der Waals surface area contributed by atoms with E-state index in [1.807, 2.05) is 65.6 Å². The summed E-state index contributed by atoms with van der Waals surface area (Å²) in [7, 11) is 0. The van der Waals surface area contributed by atoms with E-state index < -0.39 is 11.9 Å². The molecule has 1 atom stereocenters. The summed E-state index contributed by atoms with van der Waals surface area (Å²) in [6.07, 6.45) is 3.79. The number of hydrogen-bond donors (Lipinski definition) is 1. The lowest BCUT2D eigenvalue weighted by Gasteiger charge is -2.27. The lowest BCUT2D eigenvalue weighted by atomic mass is 9.90. The van der Waals surface area contributed by atoms with Gasteiger partial charge in [-0.1, -0.05) is 66.2 Å². The highest BCUT2D eigenvalue weighted by Gasteiger charge is 2.24. The predicted octanol–water partition coefficient (Wildman–Crippen LogP) is 6.54. The summed E-state index contributed by atoms with van der Waals surface area (Å²) in [4.78, 5) is 39.8. The number of Topliss-reactive ketones (excluding diaryl/α,β-unsaturated/α-hetero) is 1. The fourth-order valence-corrected chi connectivity index (χ4v) is 4.82. The van der Waals surface area contributed by atoms with Crippen molar-refractivity contribution in [2.24, 2.45) is 5.92 Å². The largest absolute Gasteiger partial charge is 0.481 e. The van der Waals surface area contributed by atoms with E-state index in [1.54, 1.807) is 12.1 Å². The maximum atomic E-state index is 13.1. The average molecular weight is 504 g/mol. The van der Waals surface area contributed by atoms with Crippen LogP contribution >= 0.6 is 11.6 Å². The summed E-state index contributed by atoms with van der Waals surface area (Å²) in [5, 5.41) is 10.5. The van der Waals surface area contributed by atoms with Gasteiger partial charge in [0.2, 0.25) is 0 Å². The molecule has 1 aliphatic rings. The maximum Gasteiger partial charge on any atom is 0.306 e. The second-order valence-corrected chi connectivity index (χ2v) is 9.73. The third-order valence-electron chi connectivity index (χ3n) is 6.82. The van der Waals surface area contributed by atoms with Gasteiger partial charge in [0.05, 0.1) is 5.92 Å². The number of carbonyl (C=O) groups is 3. The first kappa shape index (κ1) is 25.6. The molecule has 1 aliphatic heterocycles. The van der Waals surface area contributed by atoms with Gasteiger partial charge in [-0.2, -0.15) is 0 Å². The summed E-state index contributed by atoms with van der Waals surface area (Å²) in [5.41, 5.74) is 3.89. The van der Waals surface area contributed by atoms with Crippen molar-refractivity contribution < 1.29 is 19.5 Å². The third-order valence-corrected chi connectivity index (χ3v) is 7.07. The van der Waals surface area contributed by atoms with Crippen molar-refractivity contribution in [3.05, 3.63) is 94.5 Å². The normalized spacial score (nSPS) is 14.3. The number of carbonyl (C=O) groups excluding carboxylic acids is 2. The van der Waals surface area contributed by atoms with Crippen LogP contribution in [0.25, 0.3) is 11.1 Å². The zero-order chi connectivity index (χ0) is 25.5. The minimum atomic E-state index is -0.999. The van der Waals surface area contributed by atoms with Crippen LogP contribution in [0.5, 0.6) is 0 Å². The number of rotatable bonds is 9. The summed E-state index contributed by atoms with van der Waals surface area (Å²) in [5.74, 6) is -2.02. The van der Waals surface area contributed by atoms with Crippen molar-refractivity contribution in [2.75, 3.05) is 13.1 Å². The number of ketones is 1. The molecule has 0 radical (unpaired) electrons. The van der Waals surface area contributed by atoms with E-state index in [4.69, 9.17) is 11.6 Å². The maximum absolute atomic E-state index is 13.1. The number of benzene rings is 3. The summed E-state index contributed by atoms with van der Waals surface area (Å²) >= 11 is 5.95. The Labute approximate surface area is 216 Å². The molecule has 0 bridgehead atoms. The highest BCUT2D eigenvalue weighted by molar-refractivity contribution is 6.30. The predicted molar refractivity (Wildman–Crippen MR) is 141 cm³/mol. The number of likely N-dealkylation sites (tertiary alicyclic amines) is 1. The van der Waals surface area contributed by atoms with Gasteiger partial charge in [-0.15, -0.1) is 0 Å². The van der Waals surface area contributed by atoms with Gasteiger partial charge >= 0.3 is 5.97 Å². The SMILES string of the molecule is O=C(CC(CCc1ccccc1C(=O)N1CCCCC1)C(=O)O)c1ccc(-c2ccc(Cl)cc2)cc1. The van der Waals surface area contributed by atoms with Crippen LogP contribution in [0, 0.1) is 5.92 Å². The minimum Gasteiger partial charge on any atom is -0.481 e. The van der Waals surface area contributed by atoms with Crippen molar-refractivity contribution in [1.82, 2.24) is 4.90 Å². The van der Waals surface area contributed by atoms with Crippen LogP contribution in [0.15, 0.2) is 72.8 Å². The molecule has 0 aromatic heterocycles. The zero-order valence-electron chi connectivity index (χ0n) is 20.2. The molecular formula is C30H30ClNO4. The van der Waals surface area contributed by atoms with Gasteiger partial charge in [0, 0.05) is 35.7 Å². The van der Waals surface area contributed by atoms with E-state index >= 15 is 0 Å². The van der Waals surface area contributed by atoms with Crippen molar-refractivity contribution >= 4 is 29.3 Å². The fourth-order valence-electron chi connectivity index (χ4n) is 4.69. The first-order valence-electron chi connectivity index (χ1n) is 12.4. The topological polar surface area (TPSA) is 74.7 Å². The van der Waals surface area contributed by atoms with E-state index in [2.05, 4.69) is 0 Å². The smallest absolute Gasteiger partial charge is 0.306 e. The Morgan fingerprint density at radius 2 is 1.44 bits per heavy atom. The van der Waals surface area contributed by atoms with Gasteiger partial charge in [0.25, 0.3) is 5.91 Å². The van der Waals surface area contributed by atoms with Crippen LogP contribution in [0.1, 0.15) is 58.4 Å². The lowest BCUT2D eigenvalue weighted by molar-refractivity contribution is -0.141. The average Bonchev–Trinajstić information content (AvgIpc) is 2.91. The third kappa shape index (κ3) is 6.41. The van der Waals surface area contributed by atoms with Gasteiger partial charge in [0.15, 0.2) is 5.78 Å². The quantitative estimate of drug-likeness (QED) is 0.336. The van der Waals surface area contributed by atoms with Crippen LogP contribution in [0.3, 0.4) is 0 Å². The molecule has 0 aliphatic carbocycles. The van der Waals surface area contributed by atoms with Crippen LogP contribution < -0.4 is 0 Å². The molecule has 1 amide bonds. The highest BCUT2D eigenvalue weighted by Crippen LogP contribution is 2.24. The Hall–Kier alpha value is -3.44. The Morgan fingerprint density at radius 3 is 2.08 bits per heavy atom.